The van der Waals surface area contributed by atoms with E-state index in [9.17, 15) is 14.4 Å². The molecule has 10 heteroatoms. The maximum Gasteiger partial charge on any atom is 0.328 e. The Hall–Kier alpha value is -2.36. The SMILES string of the molecule is COc1ccc(NC(=O)CCOCCN)cc1N1CCC(=O)NC1=O.Cl. The first kappa shape index (κ1) is 21.7. The number of ether oxygens (including phenoxy) is 2. The molecule has 9 nitrogen and oxygen atoms in total. The normalized spacial score (nSPS) is 13.7. The lowest BCUT2D eigenvalue weighted by Gasteiger charge is -2.28. The first-order valence-electron chi connectivity index (χ1n) is 7.92. The lowest BCUT2D eigenvalue weighted by Crippen LogP contribution is -2.49. The molecule has 0 radical (unpaired) electrons. The number of amides is 4. The molecule has 1 aromatic rings. The summed E-state index contributed by atoms with van der Waals surface area (Å²) >= 11 is 0. The molecule has 0 saturated carbocycles. The van der Waals surface area contributed by atoms with E-state index in [2.05, 4.69) is 10.6 Å². The number of nitrogens with one attached hydrogen (secondary N) is 2. The molecule has 0 unspecified atom stereocenters. The minimum atomic E-state index is -0.520. The van der Waals surface area contributed by atoms with Crippen LogP contribution in [0.25, 0.3) is 0 Å². The van der Waals surface area contributed by atoms with Gasteiger partial charge in [-0.3, -0.25) is 19.8 Å². The molecule has 0 aromatic heterocycles. The topological polar surface area (TPSA) is 123 Å². The number of halogens is 1. The maximum atomic E-state index is 12.0. The number of hydrogen-bond acceptors (Lipinski definition) is 6. The molecule has 4 amide bonds. The number of nitrogens with two attached hydrogens (primary N) is 1. The fraction of sp³-hybridized carbons (Fsp3) is 0.438. The van der Waals surface area contributed by atoms with Gasteiger partial charge in [-0.2, -0.15) is 0 Å². The van der Waals surface area contributed by atoms with E-state index in [1.54, 1.807) is 18.2 Å². The van der Waals surface area contributed by atoms with Gasteiger partial charge >= 0.3 is 6.03 Å². The predicted molar refractivity (Wildman–Crippen MR) is 98.9 cm³/mol. The summed E-state index contributed by atoms with van der Waals surface area (Å²) in [6, 6.07) is 4.44. The molecule has 1 aliphatic rings. The Morgan fingerprint density at radius 2 is 2.12 bits per heavy atom. The van der Waals surface area contributed by atoms with Crippen molar-refractivity contribution in [3.8, 4) is 5.75 Å². The van der Waals surface area contributed by atoms with E-state index in [0.29, 0.717) is 30.3 Å². The van der Waals surface area contributed by atoms with Crippen LogP contribution in [0.4, 0.5) is 16.2 Å². The van der Waals surface area contributed by atoms with Crippen LogP contribution in [0.5, 0.6) is 5.75 Å². The summed E-state index contributed by atoms with van der Waals surface area (Å²) in [5, 5.41) is 5.00. The first-order valence-corrected chi connectivity index (χ1v) is 7.92. The van der Waals surface area contributed by atoms with Crippen LogP contribution in [-0.2, 0) is 14.3 Å². The number of urea groups is 1. The third-order valence-electron chi connectivity index (χ3n) is 3.54. The number of imide groups is 1. The zero-order valence-electron chi connectivity index (χ0n) is 14.4. The summed E-state index contributed by atoms with van der Waals surface area (Å²) in [7, 11) is 1.48. The fourth-order valence-corrected chi connectivity index (χ4v) is 2.35. The van der Waals surface area contributed by atoms with Gasteiger partial charge in [-0.1, -0.05) is 0 Å². The second-order valence-corrected chi connectivity index (χ2v) is 5.34. The monoisotopic (exact) mass is 386 g/mol. The largest absolute Gasteiger partial charge is 0.495 e. The van der Waals surface area contributed by atoms with Gasteiger partial charge < -0.3 is 20.5 Å². The smallest absolute Gasteiger partial charge is 0.328 e. The van der Waals surface area contributed by atoms with Gasteiger partial charge in [0.1, 0.15) is 5.75 Å². The fourth-order valence-electron chi connectivity index (χ4n) is 2.35. The number of anilines is 2. The maximum absolute atomic E-state index is 12.0. The third kappa shape index (κ3) is 5.87. The summed E-state index contributed by atoms with van der Waals surface area (Å²) in [5.74, 6) is -0.0673. The molecule has 1 saturated heterocycles. The number of methoxy groups -OCH3 is 1. The highest BCUT2D eigenvalue weighted by atomic mass is 35.5. The van der Waals surface area contributed by atoms with Crippen molar-refractivity contribution in [2.45, 2.75) is 12.8 Å². The lowest BCUT2D eigenvalue weighted by molar-refractivity contribution is -0.120. The molecule has 1 fully saturated rings. The van der Waals surface area contributed by atoms with Crippen molar-refractivity contribution < 1.29 is 23.9 Å². The van der Waals surface area contributed by atoms with Gasteiger partial charge in [0.05, 0.1) is 32.4 Å². The Kier molecular flexibility index (Phi) is 8.83. The van der Waals surface area contributed by atoms with E-state index in [4.69, 9.17) is 15.2 Å². The molecule has 0 atom stereocenters. The minimum absolute atomic E-state index is 0. The van der Waals surface area contributed by atoms with Crippen LogP contribution in [0, 0.1) is 0 Å². The zero-order chi connectivity index (χ0) is 18.2. The average molecular weight is 387 g/mol. The van der Waals surface area contributed by atoms with Crippen LogP contribution in [-0.4, -0.2) is 51.3 Å². The Labute approximate surface area is 157 Å². The molecule has 4 N–H and O–H groups in total. The van der Waals surface area contributed by atoms with Crippen LogP contribution in [0.3, 0.4) is 0 Å². The van der Waals surface area contributed by atoms with Crippen LogP contribution < -0.4 is 26.0 Å². The Bertz CT molecular complexity index is 656. The molecule has 26 heavy (non-hydrogen) atoms. The zero-order valence-corrected chi connectivity index (χ0v) is 15.3. The number of hydrogen-bond donors (Lipinski definition) is 3. The summed E-state index contributed by atoms with van der Waals surface area (Å²) in [6.07, 6.45) is 0.393. The van der Waals surface area contributed by atoms with E-state index in [1.807, 2.05) is 0 Å². The van der Waals surface area contributed by atoms with Crippen molar-refractivity contribution in [1.29, 1.82) is 0 Å². The number of nitrogens with zero attached hydrogens (tertiary/aromatic N) is 1. The molecule has 1 heterocycles. The molecule has 1 aromatic carbocycles. The van der Waals surface area contributed by atoms with E-state index < -0.39 is 6.03 Å². The van der Waals surface area contributed by atoms with E-state index >= 15 is 0 Å². The van der Waals surface area contributed by atoms with Crippen LogP contribution >= 0.6 is 12.4 Å². The lowest BCUT2D eigenvalue weighted by atomic mass is 10.2. The van der Waals surface area contributed by atoms with E-state index in [0.717, 1.165) is 0 Å². The molecule has 0 spiro atoms. The van der Waals surface area contributed by atoms with Crippen LogP contribution in [0.15, 0.2) is 18.2 Å². The average Bonchev–Trinajstić information content (AvgIpc) is 2.59. The van der Waals surface area contributed by atoms with Gasteiger partial charge in [0.15, 0.2) is 0 Å². The van der Waals surface area contributed by atoms with Gasteiger partial charge in [-0.15, -0.1) is 12.4 Å². The van der Waals surface area contributed by atoms with E-state index in [-0.39, 0.29) is 50.2 Å². The Morgan fingerprint density at radius 1 is 1.35 bits per heavy atom. The quantitative estimate of drug-likeness (QED) is 0.569. The number of carbonyl (C=O) groups is 3. The van der Waals surface area contributed by atoms with Gasteiger partial charge in [0, 0.05) is 25.2 Å². The summed E-state index contributed by atoms with van der Waals surface area (Å²) in [6.45, 7) is 1.33. The van der Waals surface area contributed by atoms with Gasteiger partial charge in [0.2, 0.25) is 11.8 Å². The van der Waals surface area contributed by atoms with Gasteiger partial charge in [0.25, 0.3) is 0 Å². The number of benzene rings is 1. The van der Waals surface area contributed by atoms with Gasteiger partial charge in [-0.05, 0) is 18.2 Å². The van der Waals surface area contributed by atoms with Crippen molar-refractivity contribution in [3.05, 3.63) is 18.2 Å². The number of carbonyl (C=O) groups excluding carboxylic acids is 3. The second-order valence-electron chi connectivity index (χ2n) is 5.34. The number of rotatable bonds is 8. The van der Waals surface area contributed by atoms with Crippen LogP contribution in [0.2, 0.25) is 0 Å². The van der Waals surface area contributed by atoms with Crippen LogP contribution in [0.1, 0.15) is 12.8 Å². The summed E-state index contributed by atoms with van der Waals surface area (Å²) < 4.78 is 10.4. The highest BCUT2D eigenvalue weighted by Crippen LogP contribution is 2.32. The summed E-state index contributed by atoms with van der Waals surface area (Å²) in [5.41, 5.74) is 6.30. The Morgan fingerprint density at radius 3 is 2.77 bits per heavy atom. The van der Waals surface area contributed by atoms with Crippen molar-refractivity contribution in [2.24, 2.45) is 5.73 Å². The molecular formula is C16H23ClN4O5. The molecule has 0 aliphatic carbocycles. The van der Waals surface area contributed by atoms with E-state index in [1.165, 1.54) is 12.0 Å². The minimum Gasteiger partial charge on any atom is -0.495 e. The van der Waals surface area contributed by atoms with Gasteiger partial charge in [-0.25, -0.2) is 4.79 Å². The standard InChI is InChI=1S/C16H22N4O5.ClH/c1-24-13-3-2-11(18-15(22)5-8-25-9-6-17)10-12(13)20-7-4-14(21)19-16(20)23;/h2-3,10H,4-9,17H2,1H3,(H,18,22)(H,19,21,23);1H. The third-order valence-corrected chi connectivity index (χ3v) is 3.54. The highest BCUT2D eigenvalue weighted by molar-refractivity contribution is 6.06. The first-order chi connectivity index (χ1) is 12.0. The second kappa shape index (κ2) is 10.6. The summed E-state index contributed by atoms with van der Waals surface area (Å²) in [4.78, 5) is 36.7. The predicted octanol–water partition coefficient (Wildman–Crippen LogP) is 0.867. The van der Waals surface area contributed by atoms with Crippen molar-refractivity contribution >= 4 is 41.6 Å². The molecule has 2 rings (SSSR count). The molecule has 1 aliphatic heterocycles. The molecular weight excluding hydrogens is 364 g/mol. The van der Waals surface area contributed by atoms with Crippen molar-refractivity contribution in [2.75, 3.05) is 43.6 Å². The molecule has 0 bridgehead atoms. The Balaban J connectivity index is 0.00000338. The highest BCUT2D eigenvalue weighted by Gasteiger charge is 2.26. The molecule has 144 valence electrons. The van der Waals surface area contributed by atoms with Crippen molar-refractivity contribution in [3.63, 3.8) is 0 Å². The van der Waals surface area contributed by atoms with Crippen molar-refractivity contribution in [1.82, 2.24) is 5.32 Å².